The first-order valence-electron chi connectivity index (χ1n) is 12.5. The molecule has 0 saturated carbocycles. The number of nitroso groups, excluding NO2 is 1. The topological polar surface area (TPSA) is 112 Å². The zero-order chi connectivity index (χ0) is 28.7. The van der Waals surface area contributed by atoms with Crippen LogP contribution in [-0.2, 0) is 18.4 Å². The Balaban J connectivity index is 1.60. The van der Waals surface area contributed by atoms with E-state index in [0.29, 0.717) is 44.1 Å². The summed E-state index contributed by atoms with van der Waals surface area (Å²) in [5.41, 5.74) is 3.28. The molecule has 0 spiro atoms. The van der Waals surface area contributed by atoms with Crippen molar-refractivity contribution < 1.29 is 32.4 Å². The van der Waals surface area contributed by atoms with Crippen molar-refractivity contribution in [3.05, 3.63) is 89.1 Å². The van der Waals surface area contributed by atoms with Gasteiger partial charge in [-0.05, 0) is 68.0 Å². The summed E-state index contributed by atoms with van der Waals surface area (Å²) < 4.78 is 38.9. The van der Waals surface area contributed by atoms with Crippen molar-refractivity contribution in [2.75, 3.05) is 31.9 Å². The summed E-state index contributed by atoms with van der Waals surface area (Å²) in [7, 11) is -2.17. The van der Waals surface area contributed by atoms with Crippen LogP contribution in [0, 0.1) is 10.7 Å². The largest absolute Gasteiger partial charge is 0.399 e. The Morgan fingerprint density at radius 1 is 1.05 bits per heavy atom. The maximum absolute atomic E-state index is 13.1. The highest BCUT2D eigenvalue weighted by Gasteiger charge is 2.27. The van der Waals surface area contributed by atoms with Crippen molar-refractivity contribution in [3.63, 3.8) is 0 Å². The van der Waals surface area contributed by atoms with Crippen LogP contribution in [0.3, 0.4) is 0 Å². The second-order valence-electron chi connectivity index (χ2n) is 8.56. The van der Waals surface area contributed by atoms with E-state index >= 15 is 0 Å². The minimum Gasteiger partial charge on any atom is -0.399 e. The van der Waals surface area contributed by atoms with E-state index in [9.17, 15) is 18.7 Å². The summed E-state index contributed by atoms with van der Waals surface area (Å²) in [4.78, 5) is 34.9. The van der Waals surface area contributed by atoms with Gasteiger partial charge < -0.3 is 19.2 Å². The Hall–Kier alpha value is -4.18. The fraction of sp³-hybridized carbons (Fsp3) is 0.214. The van der Waals surface area contributed by atoms with Gasteiger partial charge in [0.25, 0.3) is 5.69 Å². The van der Waals surface area contributed by atoms with E-state index in [4.69, 9.17) is 13.9 Å². The van der Waals surface area contributed by atoms with Gasteiger partial charge in [-0.25, -0.2) is 9.37 Å². The zero-order valence-corrected chi connectivity index (χ0v) is 23.1. The number of aromatic nitrogens is 2. The quantitative estimate of drug-likeness (QED) is 0.123. The molecule has 40 heavy (non-hydrogen) atoms. The molecule has 0 radical (unpaired) electrons. The Bertz CT molecular complexity index is 1580. The third-order valence-electron chi connectivity index (χ3n) is 5.66. The molecule has 0 unspecified atom stereocenters. The lowest BCUT2D eigenvalue weighted by molar-refractivity contribution is -0.428. The summed E-state index contributed by atoms with van der Waals surface area (Å²) in [6, 6.07) is 17.6. The van der Waals surface area contributed by atoms with E-state index in [-0.39, 0.29) is 31.3 Å². The monoisotopic (exact) mass is 567 g/mol. The van der Waals surface area contributed by atoms with Crippen molar-refractivity contribution >= 4 is 42.0 Å². The van der Waals surface area contributed by atoms with Gasteiger partial charge in [0.15, 0.2) is 12.9 Å². The Morgan fingerprint density at radius 2 is 1.73 bits per heavy atom. The highest BCUT2D eigenvalue weighted by atomic mass is 31.2. The number of nitrogens with one attached hydrogen (secondary N) is 1. The van der Waals surface area contributed by atoms with E-state index in [1.54, 1.807) is 74.5 Å². The molecule has 10 nitrogen and oxygen atoms in total. The number of carbonyl (C=O) groups is 1. The molecular formula is C28H29FN4O6P+. The van der Waals surface area contributed by atoms with Gasteiger partial charge in [-0.1, -0.05) is 12.1 Å². The number of imidazole rings is 1. The standard InChI is InChI=1S/C28H28FN4O6P/c1-4-38-40(36,39-5-2)19-37-33-26-18-24(32(3)35)15-16-25(26)31-28(33)21-9-13-23(14-10-21)30-27(34)17-8-20-6-11-22(29)12-7-20/h6-18H,4-5,19H2,1-3H3/p+1/b17-8+. The van der Waals surface area contributed by atoms with Gasteiger partial charge in [-0.3, -0.25) is 9.36 Å². The van der Waals surface area contributed by atoms with Gasteiger partial charge in [0, 0.05) is 39.1 Å². The third-order valence-corrected chi connectivity index (χ3v) is 7.40. The Kier molecular flexibility index (Phi) is 9.21. The molecule has 4 rings (SSSR count). The molecule has 4 aromatic rings. The zero-order valence-electron chi connectivity index (χ0n) is 22.2. The molecule has 208 valence electrons. The molecule has 0 saturated heterocycles. The van der Waals surface area contributed by atoms with E-state index in [1.165, 1.54) is 30.0 Å². The number of fused-ring (bicyclic) bond motifs is 1. The van der Waals surface area contributed by atoms with Crippen LogP contribution in [0.25, 0.3) is 28.5 Å². The molecule has 1 N–H and O–H groups in total. The van der Waals surface area contributed by atoms with Gasteiger partial charge in [0.2, 0.25) is 12.3 Å². The van der Waals surface area contributed by atoms with Crippen molar-refractivity contribution in [2.24, 2.45) is 0 Å². The maximum atomic E-state index is 13.1. The van der Waals surface area contributed by atoms with Crippen LogP contribution in [0.1, 0.15) is 19.4 Å². The minimum atomic E-state index is -3.55. The second kappa shape index (κ2) is 12.8. The van der Waals surface area contributed by atoms with Crippen LogP contribution < -0.4 is 10.2 Å². The van der Waals surface area contributed by atoms with Crippen LogP contribution in [0.5, 0.6) is 0 Å². The minimum absolute atomic E-state index is 0.176. The van der Waals surface area contributed by atoms with Gasteiger partial charge in [-0.2, -0.15) is 4.73 Å². The predicted molar refractivity (Wildman–Crippen MR) is 151 cm³/mol. The number of amides is 1. The number of hydrogen-bond acceptors (Lipinski definition) is 7. The predicted octanol–water partition coefficient (Wildman–Crippen LogP) is 6.19. The lowest BCUT2D eigenvalue weighted by atomic mass is 10.2. The molecule has 0 atom stereocenters. The van der Waals surface area contributed by atoms with Crippen molar-refractivity contribution in [2.45, 2.75) is 13.8 Å². The number of hydrogen-bond donors (Lipinski definition) is 1. The third kappa shape index (κ3) is 7.06. The van der Waals surface area contributed by atoms with Crippen LogP contribution in [0.4, 0.5) is 15.8 Å². The Labute approximate surface area is 230 Å². The first-order valence-corrected chi connectivity index (χ1v) is 14.2. The van der Waals surface area contributed by atoms with Crippen LogP contribution in [0.2, 0.25) is 0 Å². The highest BCUT2D eigenvalue weighted by molar-refractivity contribution is 7.53. The van der Waals surface area contributed by atoms with Crippen LogP contribution >= 0.6 is 7.60 Å². The molecule has 1 aromatic heterocycles. The summed E-state index contributed by atoms with van der Waals surface area (Å²) >= 11 is 0. The van der Waals surface area contributed by atoms with Crippen molar-refractivity contribution in [3.8, 4) is 11.4 Å². The number of anilines is 1. The van der Waals surface area contributed by atoms with E-state index in [1.807, 2.05) is 0 Å². The number of nitrogens with zero attached hydrogens (tertiary/aromatic N) is 3. The average molecular weight is 568 g/mol. The normalized spacial score (nSPS) is 11.7. The number of carbonyl (C=O) groups excluding carboxylic acids is 1. The lowest BCUT2D eigenvalue weighted by Crippen LogP contribution is -2.16. The van der Waals surface area contributed by atoms with Gasteiger partial charge in [0.1, 0.15) is 11.3 Å². The molecular weight excluding hydrogens is 538 g/mol. The summed E-state index contributed by atoms with van der Waals surface area (Å²) in [6.45, 7) is 3.77. The highest BCUT2D eigenvalue weighted by Crippen LogP contribution is 2.47. The van der Waals surface area contributed by atoms with Gasteiger partial charge in [-0.15, -0.1) is 0 Å². The summed E-state index contributed by atoms with van der Waals surface area (Å²) in [5, 5.41) is 2.77. The van der Waals surface area contributed by atoms with Crippen LogP contribution in [-0.4, -0.2) is 47.0 Å². The molecule has 1 heterocycles. The van der Waals surface area contributed by atoms with Crippen molar-refractivity contribution in [1.82, 2.24) is 9.71 Å². The number of halogens is 1. The second-order valence-corrected chi connectivity index (χ2v) is 10.6. The molecule has 12 heteroatoms. The molecule has 1 amide bonds. The molecule has 0 bridgehead atoms. The molecule has 0 aliphatic heterocycles. The van der Waals surface area contributed by atoms with Crippen molar-refractivity contribution in [1.29, 1.82) is 0 Å². The maximum Gasteiger partial charge on any atom is 0.370 e. The number of benzene rings is 3. The van der Waals surface area contributed by atoms with Crippen LogP contribution in [0.15, 0.2) is 72.8 Å². The first kappa shape index (κ1) is 28.8. The SMILES string of the molecule is CCOP(=O)(COn1c(-c2ccc(NC(=O)/C=C/c3ccc(F)cc3)cc2)nc2ccc([N+](C)=O)cc21)OCC. The molecule has 0 aliphatic carbocycles. The van der Waals surface area contributed by atoms with E-state index in [2.05, 4.69) is 10.3 Å². The first-order chi connectivity index (χ1) is 19.2. The molecule has 3 aromatic carbocycles. The fourth-order valence-electron chi connectivity index (χ4n) is 3.82. The van der Waals surface area contributed by atoms with E-state index in [0.717, 1.165) is 0 Å². The smallest absolute Gasteiger partial charge is 0.370 e. The van der Waals surface area contributed by atoms with E-state index < -0.39 is 7.60 Å². The molecule has 0 aliphatic rings. The summed E-state index contributed by atoms with van der Waals surface area (Å²) in [6.07, 6.45) is 2.56. The lowest BCUT2D eigenvalue weighted by Gasteiger charge is -2.18. The summed E-state index contributed by atoms with van der Waals surface area (Å²) in [5.74, 6) is -0.324. The number of rotatable bonds is 12. The Morgan fingerprint density at radius 3 is 2.35 bits per heavy atom. The molecule has 0 fully saturated rings. The van der Waals surface area contributed by atoms with Gasteiger partial charge in [0.05, 0.1) is 18.7 Å². The van der Waals surface area contributed by atoms with Gasteiger partial charge >= 0.3 is 7.60 Å². The fourth-order valence-corrected chi connectivity index (χ4v) is 5.08. The average Bonchev–Trinajstić information content (AvgIpc) is 3.30.